The van der Waals surface area contributed by atoms with Crippen LogP contribution in [-0.4, -0.2) is 21.4 Å². The van der Waals surface area contributed by atoms with Gasteiger partial charge in [0.25, 0.3) is 0 Å². The molecule has 1 aromatic heterocycles. The average molecular weight is 271 g/mol. The number of hydrogen-bond donors (Lipinski definition) is 1. The molecular formula is C15H13NO4. The molecule has 3 rings (SSSR count). The van der Waals surface area contributed by atoms with E-state index in [0.717, 1.165) is 17.6 Å². The summed E-state index contributed by atoms with van der Waals surface area (Å²) in [5, 5.41) is 9.04. The molecule has 1 N–H and O–H groups in total. The minimum atomic E-state index is -1.23. The monoisotopic (exact) mass is 271 g/mol. The highest BCUT2D eigenvalue weighted by molar-refractivity contribution is 6.01. The van der Waals surface area contributed by atoms with Crippen LogP contribution in [0.1, 0.15) is 41.9 Å². The molecule has 0 amide bonds. The fraction of sp³-hybridized carbons (Fsp3) is 0.267. The third kappa shape index (κ3) is 1.82. The summed E-state index contributed by atoms with van der Waals surface area (Å²) in [5.74, 6) is -1.23. The van der Waals surface area contributed by atoms with Crippen molar-refractivity contribution in [2.24, 2.45) is 0 Å². The summed E-state index contributed by atoms with van der Waals surface area (Å²) < 4.78 is 1.79. The molecule has 102 valence electrons. The fourth-order valence-corrected chi connectivity index (χ4v) is 2.82. The minimum Gasteiger partial charge on any atom is -0.477 e. The van der Waals surface area contributed by atoms with Gasteiger partial charge in [-0.15, -0.1) is 0 Å². The van der Waals surface area contributed by atoms with Crippen molar-refractivity contribution >= 4 is 17.3 Å². The Labute approximate surface area is 114 Å². The maximum absolute atomic E-state index is 11.9. The molecule has 0 radical (unpaired) electrons. The summed E-state index contributed by atoms with van der Waals surface area (Å²) in [6.45, 7) is 1.97. The number of aromatic nitrogens is 1. The zero-order chi connectivity index (χ0) is 14.4. The topological polar surface area (TPSA) is 76.4 Å². The Balaban J connectivity index is 2.25. The fourth-order valence-electron chi connectivity index (χ4n) is 2.82. The first-order valence-electron chi connectivity index (χ1n) is 6.40. The molecule has 1 aliphatic heterocycles. The highest BCUT2D eigenvalue weighted by Crippen LogP contribution is 2.37. The minimum absolute atomic E-state index is 0.000358. The van der Waals surface area contributed by atoms with E-state index in [0.29, 0.717) is 5.69 Å². The van der Waals surface area contributed by atoms with E-state index >= 15 is 0 Å². The lowest BCUT2D eigenvalue weighted by Crippen LogP contribution is -2.25. The van der Waals surface area contributed by atoms with Crippen LogP contribution in [0.2, 0.25) is 0 Å². The lowest BCUT2D eigenvalue weighted by molar-refractivity contribution is -0.113. The Kier molecular flexibility index (Phi) is 2.71. The number of hydrogen-bond acceptors (Lipinski definition) is 3. The number of pyridine rings is 1. The van der Waals surface area contributed by atoms with Gasteiger partial charge in [0.1, 0.15) is 5.56 Å². The van der Waals surface area contributed by atoms with E-state index in [1.54, 1.807) is 16.7 Å². The number of ketones is 1. The molecule has 1 aromatic rings. The van der Waals surface area contributed by atoms with Crippen LogP contribution in [0.5, 0.6) is 0 Å². The second-order valence-corrected chi connectivity index (χ2v) is 5.18. The van der Waals surface area contributed by atoms with Crippen molar-refractivity contribution in [3.63, 3.8) is 0 Å². The molecule has 1 unspecified atom stereocenters. The molecular weight excluding hydrogens is 258 g/mol. The number of carboxylic acid groups (broad SMARTS) is 1. The van der Waals surface area contributed by atoms with Crippen molar-refractivity contribution in [2.75, 3.05) is 0 Å². The average Bonchev–Trinajstić information content (AvgIpc) is 2.39. The van der Waals surface area contributed by atoms with Gasteiger partial charge < -0.3 is 9.67 Å². The molecule has 0 saturated heterocycles. The molecule has 0 saturated carbocycles. The summed E-state index contributed by atoms with van der Waals surface area (Å²) in [7, 11) is 0. The molecule has 5 nitrogen and oxygen atoms in total. The molecule has 20 heavy (non-hydrogen) atoms. The number of carboxylic acids is 1. The van der Waals surface area contributed by atoms with E-state index in [-0.39, 0.29) is 23.8 Å². The third-order valence-electron chi connectivity index (χ3n) is 3.82. The van der Waals surface area contributed by atoms with Gasteiger partial charge in [0.2, 0.25) is 0 Å². The van der Waals surface area contributed by atoms with Gasteiger partial charge in [-0.3, -0.25) is 9.59 Å². The Morgan fingerprint density at radius 3 is 2.80 bits per heavy atom. The van der Waals surface area contributed by atoms with E-state index in [1.165, 1.54) is 12.3 Å². The number of nitrogens with zero attached hydrogens (tertiary/aromatic N) is 1. The smallest absolute Gasteiger partial charge is 0.341 e. The van der Waals surface area contributed by atoms with Crippen LogP contribution in [0.15, 0.2) is 34.8 Å². The lowest BCUT2D eigenvalue weighted by atomic mass is 9.86. The molecule has 0 spiro atoms. The Hall–Kier alpha value is -2.43. The SMILES string of the molecule is CC1CC2=C(CC(=O)C=C2)c2cc(=O)c(C(=O)O)cn21. The summed E-state index contributed by atoms with van der Waals surface area (Å²) >= 11 is 0. The van der Waals surface area contributed by atoms with Crippen LogP contribution in [0.4, 0.5) is 0 Å². The molecule has 2 heterocycles. The number of allylic oxidation sites excluding steroid dienone is 4. The van der Waals surface area contributed by atoms with Crippen molar-refractivity contribution < 1.29 is 14.7 Å². The highest BCUT2D eigenvalue weighted by Gasteiger charge is 2.27. The number of rotatable bonds is 1. The van der Waals surface area contributed by atoms with E-state index in [1.807, 2.05) is 6.92 Å². The number of carbonyl (C=O) groups excluding carboxylic acids is 1. The van der Waals surface area contributed by atoms with Gasteiger partial charge in [0.05, 0.1) is 0 Å². The van der Waals surface area contributed by atoms with Crippen molar-refractivity contribution in [2.45, 2.75) is 25.8 Å². The van der Waals surface area contributed by atoms with Gasteiger partial charge in [-0.25, -0.2) is 4.79 Å². The predicted octanol–water partition coefficient (Wildman–Crippen LogP) is 1.79. The first kappa shape index (κ1) is 12.6. The van der Waals surface area contributed by atoms with E-state index < -0.39 is 11.4 Å². The van der Waals surface area contributed by atoms with E-state index in [2.05, 4.69) is 0 Å². The van der Waals surface area contributed by atoms with Crippen LogP contribution < -0.4 is 5.43 Å². The van der Waals surface area contributed by atoms with Crippen LogP contribution in [0, 0.1) is 0 Å². The zero-order valence-electron chi connectivity index (χ0n) is 10.9. The first-order chi connectivity index (χ1) is 9.47. The Morgan fingerprint density at radius 1 is 1.35 bits per heavy atom. The van der Waals surface area contributed by atoms with Crippen molar-refractivity contribution in [3.8, 4) is 0 Å². The highest BCUT2D eigenvalue weighted by atomic mass is 16.4. The standard InChI is InChI=1S/C15H13NO4/c1-8-4-9-2-3-10(17)5-11(9)13-6-14(18)12(15(19)20)7-16(8)13/h2-3,6-8H,4-5H2,1H3,(H,19,20). The third-order valence-corrected chi connectivity index (χ3v) is 3.82. The number of fused-ring (bicyclic) bond motifs is 2. The molecule has 1 aliphatic carbocycles. The van der Waals surface area contributed by atoms with Gasteiger partial charge in [-0.05, 0) is 30.6 Å². The van der Waals surface area contributed by atoms with Crippen LogP contribution in [0.3, 0.4) is 0 Å². The van der Waals surface area contributed by atoms with Crippen LogP contribution >= 0.6 is 0 Å². The Bertz CT molecular complexity index is 752. The number of carbonyl (C=O) groups is 2. The van der Waals surface area contributed by atoms with Gasteiger partial charge in [0, 0.05) is 30.4 Å². The van der Waals surface area contributed by atoms with Gasteiger partial charge >= 0.3 is 5.97 Å². The largest absolute Gasteiger partial charge is 0.477 e. The van der Waals surface area contributed by atoms with Crippen LogP contribution in [0.25, 0.3) is 5.57 Å². The molecule has 2 aliphatic rings. The lowest BCUT2D eigenvalue weighted by Gasteiger charge is -2.30. The number of aromatic carboxylic acids is 1. The summed E-state index contributed by atoms with van der Waals surface area (Å²) in [6.07, 6.45) is 5.75. The zero-order valence-corrected chi connectivity index (χ0v) is 10.9. The first-order valence-corrected chi connectivity index (χ1v) is 6.40. The molecule has 5 heteroatoms. The summed E-state index contributed by atoms with van der Waals surface area (Å²) in [4.78, 5) is 34.5. The van der Waals surface area contributed by atoms with E-state index in [9.17, 15) is 14.4 Å². The van der Waals surface area contributed by atoms with Gasteiger partial charge in [-0.1, -0.05) is 6.08 Å². The van der Waals surface area contributed by atoms with E-state index in [4.69, 9.17) is 5.11 Å². The van der Waals surface area contributed by atoms with Gasteiger partial charge in [-0.2, -0.15) is 0 Å². The quantitative estimate of drug-likeness (QED) is 0.844. The molecule has 1 atom stereocenters. The second kappa shape index (κ2) is 4.30. The van der Waals surface area contributed by atoms with Crippen molar-refractivity contribution in [3.05, 3.63) is 51.5 Å². The second-order valence-electron chi connectivity index (χ2n) is 5.18. The Morgan fingerprint density at radius 2 is 2.10 bits per heavy atom. The normalized spacial score (nSPS) is 20.6. The predicted molar refractivity (Wildman–Crippen MR) is 72.7 cm³/mol. The van der Waals surface area contributed by atoms with Crippen LogP contribution in [-0.2, 0) is 4.79 Å². The maximum Gasteiger partial charge on any atom is 0.341 e. The van der Waals surface area contributed by atoms with Crippen molar-refractivity contribution in [1.82, 2.24) is 4.57 Å². The molecule has 0 aromatic carbocycles. The summed E-state index contributed by atoms with van der Waals surface area (Å²) in [5.41, 5.74) is 1.80. The summed E-state index contributed by atoms with van der Waals surface area (Å²) in [6, 6.07) is 1.39. The maximum atomic E-state index is 11.9. The van der Waals surface area contributed by atoms with Crippen molar-refractivity contribution in [1.29, 1.82) is 0 Å². The van der Waals surface area contributed by atoms with Gasteiger partial charge in [0.15, 0.2) is 11.2 Å². The molecule has 0 bridgehead atoms. The molecule has 0 fully saturated rings.